The van der Waals surface area contributed by atoms with Gasteiger partial charge in [-0.1, -0.05) is 24.3 Å². The van der Waals surface area contributed by atoms with E-state index in [1.165, 1.54) is 19.4 Å². The maximum atomic E-state index is 15.8. The lowest BCUT2D eigenvalue weighted by Gasteiger charge is -2.38. The molecule has 4 aromatic rings. The number of fused-ring (bicyclic) bond motifs is 1. The molecule has 0 amide bonds. The maximum absolute atomic E-state index is 15.8. The largest absolute Gasteiger partial charge is 0.492 e. The summed E-state index contributed by atoms with van der Waals surface area (Å²) in [7, 11) is 5.31. The van der Waals surface area contributed by atoms with Gasteiger partial charge in [0.15, 0.2) is 11.6 Å². The molecule has 1 aromatic heterocycles. The third-order valence-electron chi connectivity index (χ3n) is 7.11. The second kappa shape index (κ2) is 11.0. The molecule has 2 heterocycles. The minimum atomic E-state index is -1.41. The lowest BCUT2D eigenvalue weighted by molar-refractivity contribution is 0.0695. The number of carboxylic acid groups (broad SMARTS) is 1. The van der Waals surface area contributed by atoms with E-state index in [-0.39, 0.29) is 28.2 Å². The summed E-state index contributed by atoms with van der Waals surface area (Å²) in [6.45, 7) is 2.36. The minimum Gasteiger partial charge on any atom is -0.492 e. The molecule has 1 aliphatic rings. The molecule has 1 aliphatic heterocycles. The number of piperazine rings is 1. The molecular weight excluding hydrogens is 518 g/mol. The molecule has 1 fully saturated rings. The van der Waals surface area contributed by atoms with Crippen LogP contribution in [0.3, 0.4) is 0 Å². The Morgan fingerprint density at radius 2 is 1.62 bits per heavy atom. The first-order chi connectivity index (χ1) is 19.2. The van der Waals surface area contributed by atoms with Gasteiger partial charge in [0.05, 0.1) is 18.2 Å². The van der Waals surface area contributed by atoms with E-state index in [9.17, 15) is 19.1 Å². The molecule has 0 bridgehead atoms. The van der Waals surface area contributed by atoms with Crippen molar-refractivity contribution in [1.82, 2.24) is 9.47 Å². The zero-order valence-electron chi connectivity index (χ0n) is 22.5. The van der Waals surface area contributed by atoms with E-state index < -0.39 is 22.8 Å². The van der Waals surface area contributed by atoms with Gasteiger partial charge in [0.1, 0.15) is 22.6 Å². The highest BCUT2D eigenvalue weighted by atomic mass is 19.1. The normalized spacial score (nSPS) is 13.8. The van der Waals surface area contributed by atoms with E-state index >= 15 is 4.39 Å². The van der Waals surface area contributed by atoms with Crippen molar-refractivity contribution in [3.05, 3.63) is 93.8 Å². The topological polar surface area (TPSA) is 78.2 Å². The summed E-state index contributed by atoms with van der Waals surface area (Å²) in [5, 5.41) is 9.65. The van der Waals surface area contributed by atoms with Gasteiger partial charge in [-0.2, -0.15) is 0 Å². The number of carboxylic acids is 1. The van der Waals surface area contributed by atoms with Crippen LogP contribution in [0.25, 0.3) is 16.6 Å². The van der Waals surface area contributed by atoms with Crippen LogP contribution < -0.4 is 20.0 Å². The fourth-order valence-electron chi connectivity index (χ4n) is 5.27. The molecular formula is C30H30F2N4O4. The van der Waals surface area contributed by atoms with Crippen molar-refractivity contribution in [1.29, 1.82) is 0 Å². The number of hydrogen-bond acceptors (Lipinski definition) is 6. The van der Waals surface area contributed by atoms with Crippen molar-refractivity contribution >= 4 is 28.2 Å². The van der Waals surface area contributed by atoms with Gasteiger partial charge >= 0.3 is 5.97 Å². The molecule has 0 spiro atoms. The lowest BCUT2D eigenvalue weighted by atomic mass is 10.1. The van der Waals surface area contributed by atoms with Crippen LogP contribution in [0.1, 0.15) is 15.9 Å². The molecule has 0 unspecified atom stereocenters. The standard InChI is InChI=1S/C30H30F2N4O4/c1-33(2)17-19-8-10-20(11-9-19)36-18-22(30(38)39)28(37)21-16-24(32)27(29(40-3)26(21)36)35-14-12-34(13-15-35)25-7-5-4-6-23(25)31/h4-11,16,18H,12-15,17H2,1-3H3,(H,38,39). The Labute approximate surface area is 230 Å². The number of aromatic nitrogens is 1. The number of rotatable bonds is 7. The average Bonchev–Trinajstić information content (AvgIpc) is 2.93. The van der Waals surface area contributed by atoms with Gasteiger partial charge < -0.3 is 29.1 Å². The Morgan fingerprint density at radius 1 is 0.975 bits per heavy atom. The van der Waals surface area contributed by atoms with Crippen molar-refractivity contribution < 1.29 is 23.4 Å². The van der Waals surface area contributed by atoms with Crippen LogP contribution in [0.5, 0.6) is 5.75 Å². The number of hydrogen-bond donors (Lipinski definition) is 1. The van der Waals surface area contributed by atoms with Gasteiger partial charge in [-0.25, -0.2) is 13.6 Å². The third kappa shape index (κ3) is 4.98. The zero-order valence-corrected chi connectivity index (χ0v) is 22.5. The highest BCUT2D eigenvalue weighted by Gasteiger charge is 2.28. The number of anilines is 2. The quantitative estimate of drug-likeness (QED) is 0.368. The number of halogens is 2. The predicted octanol–water partition coefficient (Wildman–Crippen LogP) is 4.36. The van der Waals surface area contributed by atoms with Crippen molar-refractivity contribution in [3.63, 3.8) is 0 Å². The lowest BCUT2D eigenvalue weighted by Crippen LogP contribution is -2.47. The van der Waals surface area contributed by atoms with Gasteiger partial charge in [-0.3, -0.25) is 4.79 Å². The van der Waals surface area contributed by atoms with Crippen LogP contribution in [-0.2, 0) is 6.54 Å². The SMILES string of the molecule is COc1c(N2CCN(c3ccccc3F)CC2)c(F)cc2c(=O)c(C(=O)O)cn(-c3ccc(CN(C)C)cc3)c12. The predicted molar refractivity (Wildman–Crippen MR) is 151 cm³/mol. The molecule has 0 atom stereocenters. The summed E-state index contributed by atoms with van der Waals surface area (Å²) in [6.07, 6.45) is 1.26. The summed E-state index contributed by atoms with van der Waals surface area (Å²) in [5.41, 5.74) is 1.29. The molecule has 0 saturated carbocycles. The van der Waals surface area contributed by atoms with Gasteiger partial charge in [0.2, 0.25) is 5.43 Å². The average molecular weight is 549 g/mol. The van der Waals surface area contributed by atoms with Crippen molar-refractivity contribution in [2.45, 2.75) is 6.54 Å². The number of benzene rings is 3. The van der Waals surface area contributed by atoms with Crippen LogP contribution in [-0.4, -0.2) is 67.9 Å². The molecule has 40 heavy (non-hydrogen) atoms. The molecule has 8 nitrogen and oxygen atoms in total. The van der Waals surface area contributed by atoms with E-state index in [0.717, 1.165) is 11.6 Å². The highest BCUT2D eigenvalue weighted by Crippen LogP contribution is 2.40. The first-order valence-corrected chi connectivity index (χ1v) is 12.9. The smallest absolute Gasteiger partial charge is 0.341 e. The van der Waals surface area contributed by atoms with Crippen LogP contribution in [0.4, 0.5) is 20.2 Å². The van der Waals surface area contributed by atoms with E-state index in [4.69, 9.17) is 4.74 Å². The Kier molecular flexibility index (Phi) is 7.44. The Bertz CT molecular complexity index is 1630. The molecule has 5 rings (SSSR count). The number of ether oxygens (including phenoxy) is 1. The van der Waals surface area contributed by atoms with Crippen molar-refractivity contribution in [2.75, 3.05) is 57.2 Å². The second-order valence-electron chi connectivity index (χ2n) is 10.0. The van der Waals surface area contributed by atoms with Gasteiger partial charge in [-0.05, 0) is 50.0 Å². The summed E-state index contributed by atoms with van der Waals surface area (Å²) in [6, 6.07) is 15.1. The minimum absolute atomic E-state index is 0.0969. The van der Waals surface area contributed by atoms with Crippen molar-refractivity contribution in [2.24, 2.45) is 0 Å². The monoisotopic (exact) mass is 548 g/mol. The fourth-order valence-corrected chi connectivity index (χ4v) is 5.27. The van der Waals surface area contributed by atoms with Crippen LogP contribution >= 0.6 is 0 Å². The summed E-state index contributed by atoms with van der Waals surface area (Å²) in [5.74, 6) is -2.30. The molecule has 1 saturated heterocycles. The maximum Gasteiger partial charge on any atom is 0.341 e. The van der Waals surface area contributed by atoms with E-state index in [0.29, 0.717) is 44.1 Å². The number of pyridine rings is 1. The molecule has 0 radical (unpaired) electrons. The Balaban J connectivity index is 1.63. The molecule has 10 heteroatoms. The number of methoxy groups -OCH3 is 1. The second-order valence-corrected chi connectivity index (χ2v) is 10.0. The first kappa shape index (κ1) is 27.1. The number of nitrogens with zero attached hydrogens (tertiary/aromatic N) is 4. The number of para-hydroxylation sites is 1. The Hall–Kier alpha value is -4.44. The highest BCUT2D eigenvalue weighted by molar-refractivity contribution is 5.97. The summed E-state index contributed by atoms with van der Waals surface area (Å²) >= 11 is 0. The third-order valence-corrected chi connectivity index (χ3v) is 7.11. The van der Waals surface area contributed by atoms with Gasteiger partial charge in [0.25, 0.3) is 0 Å². The van der Waals surface area contributed by atoms with E-state index in [1.54, 1.807) is 22.8 Å². The molecule has 0 aliphatic carbocycles. The molecule has 3 aromatic carbocycles. The summed E-state index contributed by atoms with van der Waals surface area (Å²) in [4.78, 5) is 30.9. The van der Waals surface area contributed by atoms with Crippen LogP contribution in [0, 0.1) is 11.6 Å². The molecule has 208 valence electrons. The van der Waals surface area contributed by atoms with Crippen LogP contribution in [0.2, 0.25) is 0 Å². The number of carbonyl (C=O) groups is 1. The van der Waals surface area contributed by atoms with Crippen molar-refractivity contribution in [3.8, 4) is 11.4 Å². The van der Waals surface area contributed by atoms with Gasteiger partial charge in [-0.15, -0.1) is 0 Å². The van der Waals surface area contributed by atoms with E-state index in [2.05, 4.69) is 0 Å². The Morgan fingerprint density at radius 3 is 2.23 bits per heavy atom. The molecule has 1 N–H and O–H groups in total. The zero-order chi connectivity index (χ0) is 28.6. The number of aromatic carboxylic acids is 1. The summed E-state index contributed by atoms with van der Waals surface area (Å²) < 4.78 is 37.4. The van der Waals surface area contributed by atoms with Crippen LogP contribution in [0.15, 0.2) is 65.6 Å². The van der Waals surface area contributed by atoms with Gasteiger partial charge in [0, 0.05) is 44.6 Å². The fraction of sp³-hybridized carbons (Fsp3) is 0.267. The van der Waals surface area contributed by atoms with E-state index in [1.807, 2.05) is 53.1 Å². The first-order valence-electron chi connectivity index (χ1n) is 12.9.